The monoisotopic (exact) mass is 534 g/mol. The number of nitrogens with one attached hydrogen (secondary N) is 2. The van der Waals surface area contributed by atoms with Crippen molar-refractivity contribution in [3.63, 3.8) is 0 Å². The summed E-state index contributed by atoms with van der Waals surface area (Å²) in [4.78, 5) is 40.3. The topological polar surface area (TPSA) is 125 Å². The minimum absolute atomic E-state index is 0.0110. The van der Waals surface area contributed by atoms with E-state index in [1.165, 1.54) is 4.90 Å². The molecule has 0 saturated heterocycles. The molecule has 3 aromatic rings. The van der Waals surface area contributed by atoms with Crippen LogP contribution in [0.2, 0.25) is 0 Å². The molecule has 1 aliphatic rings. The summed E-state index contributed by atoms with van der Waals surface area (Å²) < 4.78 is 14.6. The van der Waals surface area contributed by atoms with Gasteiger partial charge in [-0.05, 0) is 47.2 Å². The van der Waals surface area contributed by atoms with Crippen molar-refractivity contribution in [1.29, 1.82) is 0 Å². The summed E-state index contributed by atoms with van der Waals surface area (Å²) in [6.07, 6.45) is -1.06. The Morgan fingerprint density at radius 2 is 1.82 bits per heavy atom. The van der Waals surface area contributed by atoms with Crippen LogP contribution < -0.4 is 21.3 Å². The highest BCUT2D eigenvalue weighted by atomic mass is 19.1. The first-order chi connectivity index (χ1) is 18.9. The van der Waals surface area contributed by atoms with Gasteiger partial charge in [-0.25, -0.2) is 4.39 Å². The van der Waals surface area contributed by atoms with Gasteiger partial charge in [0.25, 0.3) is 5.91 Å². The van der Waals surface area contributed by atoms with Gasteiger partial charge in [0.2, 0.25) is 11.8 Å². The van der Waals surface area contributed by atoms with Crippen molar-refractivity contribution < 1.29 is 23.9 Å². The summed E-state index contributed by atoms with van der Waals surface area (Å²) >= 11 is 0. The van der Waals surface area contributed by atoms with Gasteiger partial charge >= 0.3 is 0 Å². The maximum atomic E-state index is 14.6. The van der Waals surface area contributed by atoms with E-state index in [2.05, 4.69) is 10.6 Å². The molecule has 3 amide bonds. The first-order valence-electron chi connectivity index (χ1n) is 13.3. The number of anilines is 1. The number of aliphatic hydroxyl groups is 1. The van der Waals surface area contributed by atoms with E-state index in [1.807, 2.05) is 54.6 Å². The van der Waals surface area contributed by atoms with Gasteiger partial charge in [-0.1, -0.05) is 60.7 Å². The molecule has 0 aromatic heterocycles. The number of aliphatic hydroxyl groups excluding tert-OH is 1. The molecular weight excluding hydrogens is 499 g/mol. The Hall–Kier alpha value is -3.82. The number of amides is 3. The molecule has 1 aliphatic heterocycles. The average Bonchev–Trinajstić information content (AvgIpc) is 2.95. The zero-order chi connectivity index (χ0) is 27.8. The lowest BCUT2D eigenvalue weighted by atomic mass is 9.99. The third kappa shape index (κ3) is 7.40. The molecule has 8 nitrogen and oxygen atoms in total. The van der Waals surface area contributed by atoms with Crippen molar-refractivity contribution in [2.45, 2.75) is 50.4 Å². The van der Waals surface area contributed by atoms with Gasteiger partial charge in [-0.2, -0.15) is 0 Å². The number of benzene rings is 3. The number of alkyl halides is 1. The molecule has 0 spiro atoms. The first-order valence-corrected chi connectivity index (χ1v) is 13.3. The molecule has 0 fully saturated rings. The fourth-order valence-corrected chi connectivity index (χ4v) is 4.81. The third-order valence-electron chi connectivity index (χ3n) is 6.97. The van der Waals surface area contributed by atoms with Crippen LogP contribution in [-0.2, 0) is 27.2 Å². The summed E-state index contributed by atoms with van der Waals surface area (Å²) in [6.45, 7) is -0.0719. The van der Waals surface area contributed by atoms with Crippen LogP contribution in [0.5, 0.6) is 0 Å². The van der Waals surface area contributed by atoms with Crippen molar-refractivity contribution in [2.75, 3.05) is 24.5 Å². The maximum Gasteiger partial charge on any atom is 0.261 e. The van der Waals surface area contributed by atoms with Gasteiger partial charge in [-0.3, -0.25) is 14.4 Å². The fourth-order valence-electron chi connectivity index (χ4n) is 4.81. The van der Waals surface area contributed by atoms with Crippen LogP contribution in [0.25, 0.3) is 10.8 Å². The minimum Gasteiger partial charge on any atom is -0.390 e. The average molecular weight is 535 g/mol. The van der Waals surface area contributed by atoms with E-state index in [0.29, 0.717) is 18.5 Å². The molecule has 9 heteroatoms. The number of nitrogens with two attached hydrogens (primary N) is 1. The van der Waals surface area contributed by atoms with E-state index >= 15 is 0 Å². The lowest BCUT2D eigenvalue weighted by molar-refractivity contribution is -0.129. The van der Waals surface area contributed by atoms with E-state index in [9.17, 15) is 23.9 Å². The molecule has 0 saturated carbocycles. The van der Waals surface area contributed by atoms with Crippen molar-refractivity contribution >= 4 is 34.2 Å². The highest BCUT2D eigenvalue weighted by Gasteiger charge is 2.29. The van der Waals surface area contributed by atoms with Crippen molar-refractivity contribution in [3.8, 4) is 0 Å². The van der Waals surface area contributed by atoms with Crippen molar-refractivity contribution in [2.24, 2.45) is 5.73 Å². The first kappa shape index (κ1) is 28.2. The Bertz CT molecular complexity index is 1320. The molecular formula is C30H35FN4O4. The number of carbonyl (C=O) groups is 3. The molecule has 0 aliphatic carbocycles. The van der Waals surface area contributed by atoms with Crippen LogP contribution in [-0.4, -0.2) is 60.8 Å². The van der Waals surface area contributed by atoms with Crippen LogP contribution >= 0.6 is 0 Å². The van der Waals surface area contributed by atoms with Crippen molar-refractivity contribution in [1.82, 2.24) is 10.6 Å². The quantitative estimate of drug-likeness (QED) is 0.318. The molecule has 0 radical (unpaired) electrons. The number of carbonyl (C=O) groups excluding carboxylic acids is 3. The number of hydrogen-bond acceptors (Lipinski definition) is 5. The number of hydrogen-bond donors (Lipinski definition) is 4. The van der Waals surface area contributed by atoms with E-state index in [-0.39, 0.29) is 38.9 Å². The Balaban J connectivity index is 1.48. The molecule has 2 unspecified atom stereocenters. The van der Waals surface area contributed by atoms with E-state index < -0.39 is 36.0 Å². The molecule has 39 heavy (non-hydrogen) atoms. The maximum absolute atomic E-state index is 14.6. The van der Waals surface area contributed by atoms with Gasteiger partial charge in [0.05, 0.1) is 6.10 Å². The highest BCUT2D eigenvalue weighted by Crippen LogP contribution is 2.27. The van der Waals surface area contributed by atoms with Gasteiger partial charge in [0.1, 0.15) is 6.04 Å². The summed E-state index contributed by atoms with van der Waals surface area (Å²) in [6, 6.07) is 20.1. The second-order valence-corrected chi connectivity index (χ2v) is 9.87. The SMILES string of the molecule is NCC(O)CNC(=O)[C@@H](Cc1ccc2ccccc2c1)NC(=O)CCN1C(=O)C(F)CCCc2ccccc21. The Kier molecular flexibility index (Phi) is 9.62. The smallest absolute Gasteiger partial charge is 0.261 e. The summed E-state index contributed by atoms with van der Waals surface area (Å²) in [5.74, 6) is -1.56. The molecule has 3 atom stereocenters. The number of nitrogens with zero attached hydrogens (tertiary/aromatic N) is 1. The number of rotatable bonds is 10. The van der Waals surface area contributed by atoms with Crippen LogP contribution in [0.15, 0.2) is 66.7 Å². The number of halogens is 1. The molecule has 0 bridgehead atoms. The van der Waals surface area contributed by atoms with Gasteiger partial charge in [-0.15, -0.1) is 0 Å². The Labute approximate surface area is 227 Å². The second kappa shape index (κ2) is 13.3. The lowest BCUT2D eigenvalue weighted by Crippen LogP contribution is -2.50. The third-order valence-corrected chi connectivity index (χ3v) is 6.97. The second-order valence-electron chi connectivity index (χ2n) is 9.87. The largest absolute Gasteiger partial charge is 0.390 e. The zero-order valence-electron chi connectivity index (χ0n) is 21.8. The van der Waals surface area contributed by atoms with Crippen LogP contribution in [0.1, 0.15) is 30.4 Å². The van der Waals surface area contributed by atoms with Crippen LogP contribution in [0, 0.1) is 0 Å². The van der Waals surface area contributed by atoms with Crippen LogP contribution in [0.4, 0.5) is 10.1 Å². The molecule has 206 valence electrons. The standard InChI is InChI=1S/C30H35FN4O4/c31-25-10-5-9-22-7-3-4-11-27(22)35(30(25)39)15-14-28(37)34-26(29(38)33-19-24(36)18-32)17-20-12-13-21-6-1-2-8-23(21)16-20/h1-4,6-8,11-13,16,24-26,36H,5,9-10,14-15,17-19,32H2,(H,33,38)(H,34,37)/t24?,25?,26-/m1/s1. The molecule has 1 heterocycles. The van der Waals surface area contributed by atoms with E-state index in [4.69, 9.17) is 5.73 Å². The predicted octanol–water partition coefficient (Wildman–Crippen LogP) is 2.40. The molecule has 5 N–H and O–H groups in total. The van der Waals surface area contributed by atoms with E-state index in [0.717, 1.165) is 21.9 Å². The summed E-state index contributed by atoms with van der Waals surface area (Å²) in [5, 5.41) is 17.3. The fraction of sp³-hybridized carbons (Fsp3) is 0.367. The lowest BCUT2D eigenvalue weighted by Gasteiger charge is -2.29. The van der Waals surface area contributed by atoms with Gasteiger partial charge < -0.3 is 26.4 Å². The number of aryl methyl sites for hydroxylation is 1. The van der Waals surface area contributed by atoms with E-state index in [1.54, 1.807) is 12.1 Å². The Morgan fingerprint density at radius 1 is 1.08 bits per heavy atom. The van der Waals surface area contributed by atoms with Gasteiger partial charge in [0, 0.05) is 38.2 Å². The summed E-state index contributed by atoms with van der Waals surface area (Å²) in [5.41, 5.74) is 7.84. The minimum atomic E-state index is -1.62. The predicted molar refractivity (Wildman–Crippen MR) is 149 cm³/mol. The normalized spacial score (nSPS) is 17.1. The highest BCUT2D eigenvalue weighted by molar-refractivity contribution is 5.98. The molecule has 3 aromatic carbocycles. The number of para-hydroxylation sites is 1. The van der Waals surface area contributed by atoms with Gasteiger partial charge in [0.15, 0.2) is 6.17 Å². The molecule has 4 rings (SSSR count). The Morgan fingerprint density at radius 3 is 2.62 bits per heavy atom. The summed E-state index contributed by atoms with van der Waals surface area (Å²) in [7, 11) is 0. The van der Waals surface area contributed by atoms with Crippen molar-refractivity contribution in [3.05, 3.63) is 77.9 Å². The number of fused-ring (bicyclic) bond motifs is 2. The van der Waals surface area contributed by atoms with Crippen LogP contribution in [0.3, 0.4) is 0 Å². The zero-order valence-corrected chi connectivity index (χ0v) is 21.8.